The number of benzene rings is 8. The van der Waals surface area contributed by atoms with E-state index < -0.39 is 0 Å². The Morgan fingerprint density at radius 1 is 0.554 bits per heavy atom. The lowest BCUT2D eigenvalue weighted by atomic mass is 10.0. The quantitative estimate of drug-likeness (QED) is 0.156. The third-order valence-electron chi connectivity index (χ3n) is 10.9. The van der Waals surface area contributed by atoms with Crippen molar-refractivity contribution in [3.63, 3.8) is 0 Å². The Bertz CT molecular complexity index is 3100. The molecule has 0 saturated heterocycles. The first-order chi connectivity index (χ1) is 27.7. The van der Waals surface area contributed by atoms with Gasteiger partial charge in [-0.15, -0.1) is 0 Å². The molecule has 0 aliphatic carbocycles. The number of rotatable bonds is 8. The SMILES string of the molecule is C=Cc1c(/C=C\C)c2ccccc2n1-c1cccc(-c2ccc(N(c3ccc(-c4cccc5c4oc4ccccc45)cc3)c3cccc4ccccc34)cc2)c1. The van der Waals surface area contributed by atoms with E-state index in [2.05, 4.69) is 205 Å². The molecule has 2 aromatic heterocycles. The van der Waals surface area contributed by atoms with Crippen LogP contribution in [0.25, 0.3) is 83.7 Å². The van der Waals surface area contributed by atoms with E-state index in [0.29, 0.717) is 0 Å². The van der Waals surface area contributed by atoms with Crippen molar-refractivity contribution in [1.29, 1.82) is 0 Å². The second kappa shape index (κ2) is 13.8. The van der Waals surface area contributed by atoms with Crippen molar-refractivity contribution in [3.8, 4) is 27.9 Å². The van der Waals surface area contributed by atoms with Crippen LogP contribution in [-0.2, 0) is 0 Å². The van der Waals surface area contributed by atoms with Gasteiger partial charge in [-0.05, 0) is 89.7 Å². The summed E-state index contributed by atoms with van der Waals surface area (Å²) in [7, 11) is 0. The minimum atomic E-state index is 0.905. The lowest BCUT2D eigenvalue weighted by molar-refractivity contribution is 0.670. The molecule has 266 valence electrons. The third-order valence-corrected chi connectivity index (χ3v) is 10.9. The molecule has 10 rings (SSSR count). The van der Waals surface area contributed by atoms with Crippen molar-refractivity contribution in [2.24, 2.45) is 0 Å². The predicted molar refractivity (Wildman–Crippen MR) is 238 cm³/mol. The molecule has 0 atom stereocenters. The molecule has 0 fully saturated rings. The second-order valence-electron chi connectivity index (χ2n) is 14.1. The number of para-hydroxylation sites is 3. The number of aromatic nitrogens is 1. The number of hydrogen-bond donors (Lipinski definition) is 0. The number of fused-ring (bicyclic) bond motifs is 5. The molecule has 0 aliphatic heterocycles. The maximum Gasteiger partial charge on any atom is 0.143 e. The molecule has 0 bridgehead atoms. The number of anilines is 3. The first-order valence-corrected chi connectivity index (χ1v) is 19.1. The molecule has 0 N–H and O–H groups in total. The van der Waals surface area contributed by atoms with Crippen molar-refractivity contribution >= 4 is 72.8 Å². The van der Waals surface area contributed by atoms with Crippen LogP contribution in [0.1, 0.15) is 18.2 Å². The molecule has 0 saturated carbocycles. The van der Waals surface area contributed by atoms with Crippen LogP contribution >= 0.6 is 0 Å². The van der Waals surface area contributed by atoms with Gasteiger partial charge in [-0.1, -0.05) is 146 Å². The zero-order chi connectivity index (χ0) is 37.6. The molecule has 0 unspecified atom stereocenters. The van der Waals surface area contributed by atoms with Crippen molar-refractivity contribution < 1.29 is 4.42 Å². The van der Waals surface area contributed by atoms with Crippen LogP contribution in [0.5, 0.6) is 0 Å². The van der Waals surface area contributed by atoms with E-state index in [4.69, 9.17) is 4.42 Å². The summed E-state index contributed by atoms with van der Waals surface area (Å²) in [6, 6.07) is 64.9. The third kappa shape index (κ3) is 5.52. The van der Waals surface area contributed by atoms with Crippen molar-refractivity contribution in [2.45, 2.75) is 6.92 Å². The molecule has 0 aliphatic rings. The van der Waals surface area contributed by atoms with Gasteiger partial charge in [-0.25, -0.2) is 0 Å². The van der Waals surface area contributed by atoms with Gasteiger partial charge in [0, 0.05) is 49.7 Å². The zero-order valence-electron chi connectivity index (χ0n) is 31.1. The number of hydrogen-bond acceptors (Lipinski definition) is 2. The summed E-state index contributed by atoms with van der Waals surface area (Å²) in [5, 5.41) is 5.87. The Labute approximate surface area is 326 Å². The van der Waals surface area contributed by atoms with Crippen molar-refractivity contribution in [1.82, 2.24) is 4.57 Å². The van der Waals surface area contributed by atoms with Gasteiger partial charge >= 0.3 is 0 Å². The van der Waals surface area contributed by atoms with Crippen LogP contribution in [0.4, 0.5) is 17.1 Å². The van der Waals surface area contributed by atoms with E-state index in [1.807, 2.05) is 18.2 Å². The fourth-order valence-electron chi connectivity index (χ4n) is 8.33. The molecule has 0 radical (unpaired) electrons. The highest BCUT2D eigenvalue weighted by Crippen LogP contribution is 2.42. The zero-order valence-corrected chi connectivity index (χ0v) is 31.1. The fraction of sp³-hybridized carbons (Fsp3) is 0.0189. The van der Waals surface area contributed by atoms with Gasteiger partial charge < -0.3 is 13.9 Å². The largest absolute Gasteiger partial charge is 0.455 e. The van der Waals surface area contributed by atoms with Gasteiger partial charge in [0.2, 0.25) is 0 Å². The maximum atomic E-state index is 6.41. The first kappa shape index (κ1) is 33.2. The highest BCUT2D eigenvalue weighted by atomic mass is 16.3. The maximum absolute atomic E-state index is 6.41. The predicted octanol–water partition coefficient (Wildman–Crippen LogP) is 15.2. The highest BCUT2D eigenvalue weighted by Gasteiger charge is 2.18. The highest BCUT2D eigenvalue weighted by molar-refractivity contribution is 6.09. The molecule has 3 nitrogen and oxygen atoms in total. The molecule has 0 spiro atoms. The summed E-state index contributed by atoms with van der Waals surface area (Å²) in [5.74, 6) is 0. The minimum Gasteiger partial charge on any atom is -0.455 e. The summed E-state index contributed by atoms with van der Waals surface area (Å²) >= 11 is 0. The van der Waals surface area contributed by atoms with Gasteiger partial charge in [0.05, 0.1) is 16.9 Å². The Morgan fingerprint density at radius 2 is 1.20 bits per heavy atom. The van der Waals surface area contributed by atoms with Gasteiger partial charge in [0.1, 0.15) is 11.2 Å². The Balaban J connectivity index is 1.05. The molecule has 8 aromatic carbocycles. The summed E-state index contributed by atoms with van der Waals surface area (Å²) in [4.78, 5) is 2.36. The van der Waals surface area contributed by atoms with Crippen LogP contribution in [0.15, 0.2) is 199 Å². The normalized spacial score (nSPS) is 11.7. The standard InChI is InChI=1S/C53H38N2O/c1-3-14-45-46-20-7-9-24-51(46)55(49(45)4-2)42-18-11-17-39(35-42)36-27-31-40(32-28-36)54(50-25-12-16-37-15-5-6-19-43(37)50)41-33-29-38(30-34-41)44-22-13-23-48-47-21-8-10-26-52(47)56-53(44)48/h3-35H,2H2,1H3/b14-3-. The Morgan fingerprint density at radius 3 is 1.98 bits per heavy atom. The fourth-order valence-corrected chi connectivity index (χ4v) is 8.33. The van der Waals surface area contributed by atoms with Crippen molar-refractivity contribution in [3.05, 3.63) is 206 Å². The van der Waals surface area contributed by atoms with Crippen LogP contribution in [0.2, 0.25) is 0 Å². The van der Waals surface area contributed by atoms with E-state index in [1.165, 1.54) is 21.7 Å². The summed E-state index contributed by atoms with van der Waals surface area (Å²) in [6.07, 6.45) is 6.23. The Kier molecular flexibility index (Phi) is 8.19. The van der Waals surface area contributed by atoms with Crippen LogP contribution < -0.4 is 4.90 Å². The Hall–Kier alpha value is -7.36. The molecular weight excluding hydrogens is 681 g/mol. The molecule has 3 heteroatoms. The first-order valence-electron chi connectivity index (χ1n) is 19.1. The van der Waals surface area contributed by atoms with Crippen molar-refractivity contribution in [2.75, 3.05) is 4.90 Å². The summed E-state index contributed by atoms with van der Waals surface area (Å²) < 4.78 is 8.72. The molecule has 2 heterocycles. The topological polar surface area (TPSA) is 21.3 Å². The number of furan rings is 1. The van der Waals surface area contributed by atoms with Gasteiger partial charge in [0.25, 0.3) is 0 Å². The smallest absolute Gasteiger partial charge is 0.143 e. The van der Waals surface area contributed by atoms with E-state index >= 15 is 0 Å². The molecule has 10 aromatic rings. The summed E-state index contributed by atoms with van der Waals surface area (Å²) in [6.45, 7) is 6.27. The second-order valence-corrected chi connectivity index (χ2v) is 14.1. The van der Waals surface area contributed by atoms with Gasteiger partial charge in [-0.2, -0.15) is 0 Å². The van der Waals surface area contributed by atoms with E-state index in [1.54, 1.807) is 0 Å². The molecular formula is C53H38N2O. The molecule has 56 heavy (non-hydrogen) atoms. The monoisotopic (exact) mass is 718 g/mol. The average Bonchev–Trinajstić information content (AvgIpc) is 3.80. The lowest BCUT2D eigenvalue weighted by Crippen LogP contribution is -2.10. The van der Waals surface area contributed by atoms with Crippen LogP contribution in [0.3, 0.4) is 0 Å². The van der Waals surface area contributed by atoms with Gasteiger partial charge in [0.15, 0.2) is 0 Å². The summed E-state index contributed by atoms with van der Waals surface area (Å²) in [5.41, 5.74) is 14.1. The number of allylic oxidation sites excluding steroid dienone is 1. The van der Waals surface area contributed by atoms with Crippen LogP contribution in [0, 0.1) is 0 Å². The number of nitrogens with zero attached hydrogens (tertiary/aromatic N) is 2. The van der Waals surface area contributed by atoms with E-state index in [9.17, 15) is 0 Å². The van der Waals surface area contributed by atoms with Gasteiger partial charge in [-0.3, -0.25) is 0 Å². The van der Waals surface area contributed by atoms with Crippen LogP contribution in [-0.4, -0.2) is 4.57 Å². The average molecular weight is 719 g/mol. The molecule has 0 amide bonds. The van der Waals surface area contributed by atoms with E-state index in [0.717, 1.165) is 78.2 Å². The lowest BCUT2D eigenvalue weighted by Gasteiger charge is -2.27. The van der Waals surface area contributed by atoms with E-state index in [-0.39, 0.29) is 0 Å². The minimum absolute atomic E-state index is 0.905.